The quantitative estimate of drug-likeness (QED) is 0.863. The number of amides is 1. The van der Waals surface area contributed by atoms with Gasteiger partial charge in [-0.05, 0) is 56.7 Å². The second-order valence-electron chi connectivity index (χ2n) is 7.77. The van der Waals surface area contributed by atoms with Gasteiger partial charge < -0.3 is 15.5 Å². The lowest BCUT2D eigenvalue weighted by Gasteiger charge is -2.37. The minimum Gasteiger partial charge on any atom is -0.367 e. The van der Waals surface area contributed by atoms with Crippen molar-refractivity contribution < 1.29 is 9.18 Å². The van der Waals surface area contributed by atoms with E-state index in [2.05, 4.69) is 15.6 Å². The smallest absolute Gasteiger partial charge is 0.246 e. The second kappa shape index (κ2) is 6.83. The van der Waals surface area contributed by atoms with E-state index in [4.69, 9.17) is 0 Å². The van der Waals surface area contributed by atoms with Crippen LogP contribution >= 0.6 is 0 Å². The first-order chi connectivity index (χ1) is 12.9. The van der Waals surface area contributed by atoms with E-state index >= 15 is 0 Å². The van der Waals surface area contributed by atoms with Crippen LogP contribution in [0.5, 0.6) is 0 Å². The van der Waals surface area contributed by atoms with E-state index in [1.54, 1.807) is 0 Å². The van der Waals surface area contributed by atoms with Crippen molar-refractivity contribution in [1.29, 1.82) is 0 Å². The first-order valence-electron chi connectivity index (χ1n) is 9.47. The summed E-state index contributed by atoms with van der Waals surface area (Å²) in [5, 5.41) is 6.49. The molecule has 1 atom stereocenters. The first kappa shape index (κ1) is 17.8. The molecule has 142 valence electrons. The van der Waals surface area contributed by atoms with Gasteiger partial charge in [0.1, 0.15) is 17.7 Å². The number of hydrogen-bond donors (Lipinski definition) is 2. The van der Waals surface area contributed by atoms with E-state index in [0.29, 0.717) is 12.0 Å². The molecule has 2 N–H and O–H groups in total. The molecule has 2 heterocycles. The Labute approximate surface area is 159 Å². The van der Waals surface area contributed by atoms with Crippen molar-refractivity contribution in [2.24, 2.45) is 5.92 Å². The molecule has 0 radical (unpaired) electrons. The molecule has 1 aromatic heterocycles. The van der Waals surface area contributed by atoms with E-state index in [0.717, 1.165) is 42.1 Å². The van der Waals surface area contributed by atoms with Gasteiger partial charge in [0.2, 0.25) is 5.91 Å². The summed E-state index contributed by atoms with van der Waals surface area (Å²) >= 11 is 0. The number of benzene rings is 1. The number of fused-ring (bicyclic) bond motifs is 1. The average Bonchev–Trinajstić information content (AvgIpc) is 2.61. The summed E-state index contributed by atoms with van der Waals surface area (Å²) in [6.07, 6.45) is 3.15. The summed E-state index contributed by atoms with van der Waals surface area (Å²) in [5.41, 5.74) is 3.81. The number of likely N-dealkylation sites (N-methyl/N-ethyl adjacent to an activating group) is 1. The number of nitrogens with zero attached hydrogens (tertiary/aromatic N) is 2. The van der Waals surface area contributed by atoms with Crippen molar-refractivity contribution in [1.82, 2.24) is 4.98 Å². The van der Waals surface area contributed by atoms with Crippen LogP contribution in [0.1, 0.15) is 31.0 Å². The molecule has 1 aromatic carbocycles. The van der Waals surface area contributed by atoms with Crippen LogP contribution in [0.4, 0.5) is 21.6 Å². The molecule has 0 spiro atoms. The molecule has 27 heavy (non-hydrogen) atoms. The molecule has 1 aliphatic carbocycles. The summed E-state index contributed by atoms with van der Waals surface area (Å²) in [7, 11) is 1.94. The van der Waals surface area contributed by atoms with Crippen LogP contribution in [0.25, 0.3) is 0 Å². The Hall–Kier alpha value is -2.63. The van der Waals surface area contributed by atoms with Gasteiger partial charge in [-0.2, -0.15) is 0 Å². The van der Waals surface area contributed by atoms with Gasteiger partial charge in [-0.15, -0.1) is 0 Å². The van der Waals surface area contributed by atoms with Gasteiger partial charge in [0, 0.05) is 19.2 Å². The molecular formula is C21H25FN4O. The zero-order valence-corrected chi connectivity index (χ0v) is 15.9. The molecule has 2 aliphatic rings. The Balaban J connectivity index is 1.39. The van der Waals surface area contributed by atoms with Crippen molar-refractivity contribution in [3.05, 3.63) is 47.4 Å². The van der Waals surface area contributed by atoms with Gasteiger partial charge in [-0.3, -0.25) is 4.79 Å². The number of hydrogen-bond acceptors (Lipinski definition) is 4. The molecule has 4 rings (SSSR count). The highest BCUT2D eigenvalue weighted by atomic mass is 19.1. The number of anilines is 3. The molecule has 1 saturated carbocycles. The highest BCUT2D eigenvalue weighted by Crippen LogP contribution is 2.37. The van der Waals surface area contributed by atoms with Crippen molar-refractivity contribution >= 4 is 23.1 Å². The van der Waals surface area contributed by atoms with Crippen molar-refractivity contribution in [2.75, 3.05) is 22.6 Å². The highest BCUT2D eigenvalue weighted by Gasteiger charge is 2.31. The Bertz CT molecular complexity index is 861. The lowest BCUT2D eigenvalue weighted by atomic mass is 9.76. The van der Waals surface area contributed by atoms with Crippen LogP contribution in [0.2, 0.25) is 0 Å². The Morgan fingerprint density at radius 2 is 2.00 bits per heavy atom. The van der Waals surface area contributed by atoms with Crippen molar-refractivity contribution in [2.45, 2.75) is 45.2 Å². The van der Waals surface area contributed by atoms with E-state index in [9.17, 15) is 9.18 Å². The Morgan fingerprint density at radius 3 is 2.70 bits per heavy atom. The second-order valence-corrected chi connectivity index (χ2v) is 7.77. The van der Waals surface area contributed by atoms with Crippen LogP contribution in [0, 0.1) is 18.7 Å². The minimum absolute atomic E-state index is 0.00163. The van der Waals surface area contributed by atoms with Gasteiger partial charge in [-0.1, -0.05) is 12.1 Å². The third kappa shape index (κ3) is 3.48. The molecule has 5 nitrogen and oxygen atoms in total. The first-order valence-corrected chi connectivity index (χ1v) is 9.47. The van der Waals surface area contributed by atoms with Crippen LogP contribution in [-0.2, 0) is 11.2 Å². The maximum absolute atomic E-state index is 13.0. The summed E-state index contributed by atoms with van der Waals surface area (Å²) in [4.78, 5) is 18.6. The molecular weight excluding hydrogens is 343 g/mol. The number of halogens is 1. The number of aromatic nitrogens is 1. The summed E-state index contributed by atoms with van der Waals surface area (Å²) in [6.45, 7) is 3.82. The predicted octanol–water partition coefficient (Wildman–Crippen LogP) is 3.74. The van der Waals surface area contributed by atoms with E-state index in [-0.39, 0.29) is 17.8 Å². The fourth-order valence-electron chi connectivity index (χ4n) is 3.96. The fourth-order valence-corrected chi connectivity index (χ4v) is 3.96. The summed E-state index contributed by atoms with van der Waals surface area (Å²) in [6, 6.07) is 9.02. The van der Waals surface area contributed by atoms with Gasteiger partial charge in [0.05, 0.1) is 17.1 Å². The van der Waals surface area contributed by atoms with Crippen molar-refractivity contribution in [3.63, 3.8) is 0 Å². The maximum atomic E-state index is 13.0. The Morgan fingerprint density at radius 1 is 1.30 bits per heavy atom. The lowest BCUT2D eigenvalue weighted by molar-refractivity contribution is -0.117. The van der Waals surface area contributed by atoms with Gasteiger partial charge >= 0.3 is 0 Å². The average molecular weight is 368 g/mol. The van der Waals surface area contributed by atoms with Gasteiger partial charge in [-0.25, -0.2) is 9.37 Å². The van der Waals surface area contributed by atoms with Crippen LogP contribution in [-0.4, -0.2) is 30.0 Å². The standard InChI is InChI=1S/C21H25FN4O/c1-12-20-18(26(3)13(2)21(27)25-20)11-19(23-12)24-17-9-15(10-17)8-14-4-6-16(22)7-5-14/h4-7,11,13,15,17H,8-10H2,1-3H3,(H,23,24)(H,25,27)/t13-,15?,17?/m0/s1. The third-order valence-electron chi connectivity index (χ3n) is 5.79. The lowest BCUT2D eigenvalue weighted by Crippen LogP contribution is -2.44. The minimum atomic E-state index is -0.198. The molecule has 1 aliphatic heterocycles. The molecule has 0 unspecified atom stereocenters. The monoisotopic (exact) mass is 368 g/mol. The predicted molar refractivity (Wildman–Crippen MR) is 106 cm³/mol. The van der Waals surface area contributed by atoms with Gasteiger partial charge in [0.25, 0.3) is 0 Å². The topological polar surface area (TPSA) is 57.3 Å². The van der Waals surface area contributed by atoms with Crippen LogP contribution < -0.4 is 15.5 Å². The molecule has 0 saturated heterocycles. The molecule has 1 fully saturated rings. The largest absolute Gasteiger partial charge is 0.367 e. The third-order valence-corrected chi connectivity index (χ3v) is 5.79. The molecule has 6 heteroatoms. The van der Waals surface area contributed by atoms with Gasteiger partial charge in [0.15, 0.2) is 0 Å². The maximum Gasteiger partial charge on any atom is 0.246 e. The summed E-state index contributed by atoms with van der Waals surface area (Å²) < 4.78 is 13.0. The molecule has 1 amide bonds. The van der Waals surface area contributed by atoms with Crippen molar-refractivity contribution in [3.8, 4) is 0 Å². The van der Waals surface area contributed by atoms with E-state index in [1.807, 2.05) is 44.0 Å². The number of aryl methyl sites for hydroxylation is 1. The fraction of sp³-hybridized carbons (Fsp3) is 0.429. The number of rotatable bonds is 4. The van der Waals surface area contributed by atoms with E-state index < -0.39 is 0 Å². The number of carbonyl (C=O) groups is 1. The SMILES string of the molecule is Cc1nc(NC2CC(Cc3ccc(F)cc3)C2)cc2c1NC(=O)[C@H](C)N2C. The van der Waals surface area contributed by atoms with Crippen LogP contribution in [0.3, 0.4) is 0 Å². The zero-order valence-electron chi connectivity index (χ0n) is 15.9. The Kier molecular flexibility index (Phi) is 4.50. The number of carbonyl (C=O) groups excluding carboxylic acids is 1. The van der Waals surface area contributed by atoms with Crippen LogP contribution in [0.15, 0.2) is 30.3 Å². The van der Waals surface area contributed by atoms with E-state index in [1.165, 1.54) is 17.7 Å². The summed E-state index contributed by atoms with van der Waals surface area (Å²) in [5.74, 6) is 1.29. The molecule has 0 bridgehead atoms. The number of nitrogens with one attached hydrogen (secondary N) is 2. The normalized spacial score (nSPS) is 24.1. The highest BCUT2D eigenvalue weighted by molar-refractivity contribution is 6.04. The zero-order chi connectivity index (χ0) is 19.1. The molecule has 2 aromatic rings. The number of pyridine rings is 1.